The number of para-hydroxylation sites is 1. The van der Waals surface area contributed by atoms with Crippen molar-refractivity contribution < 1.29 is 14.6 Å². The molecule has 18 heavy (non-hydrogen) atoms. The molecule has 5 heteroatoms. The van der Waals surface area contributed by atoms with E-state index in [0.717, 1.165) is 0 Å². The Morgan fingerprint density at radius 1 is 1.56 bits per heavy atom. The fraction of sp³-hybridized carbons (Fsp3) is 0.462. The van der Waals surface area contributed by atoms with E-state index in [-0.39, 0.29) is 23.8 Å². The van der Waals surface area contributed by atoms with Gasteiger partial charge in [0, 0.05) is 25.8 Å². The Kier molecular flexibility index (Phi) is 4.17. The summed E-state index contributed by atoms with van der Waals surface area (Å²) in [5, 5.41) is 15.5. The number of phenols is 1. The molecule has 1 aromatic carbocycles. The summed E-state index contributed by atoms with van der Waals surface area (Å²) in [6.07, 6.45) is 0.786. The Morgan fingerprint density at radius 3 is 3.00 bits per heavy atom. The van der Waals surface area contributed by atoms with Gasteiger partial charge in [-0.1, -0.05) is 18.2 Å². The topological polar surface area (TPSA) is 70.6 Å². The van der Waals surface area contributed by atoms with Crippen LogP contribution in [0.5, 0.6) is 5.75 Å². The van der Waals surface area contributed by atoms with Gasteiger partial charge in [0.05, 0.1) is 12.1 Å². The van der Waals surface area contributed by atoms with Gasteiger partial charge in [-0.15, -0.1) is 0 Å². The molecule has 2 atom stereocenters. The number of hydrogen-bond donors (Lipinski definition) is 3. The van der Waals surface area contributed by atoms with Crippen LogP contribution in [-0.4, -0.2) is 36.8 Å². The lowest BCUT2D eigenvalue weighted by molar-refractivity contribution is -0.123. The van der Waals surface area contributed by atoms with Crippen molar-refractivity contribution in [3.8, 4) is 5.75 Å². The first-order valence-corrected chi connectivity index (χ1v) is 6.01. The van der Waals surface area contributed by atoms with E-state index in [1.807, 2.05) is 6.07 Å². The Labute approximate surface area is 106 Å². The van der Waals surface area contributed by atoms with Gasteiger partial charge in [-0.3, -0.25) is 4.79 Å². The first kappa shape index (κ1) is 12.9. The second-order valence-electron chi connectivity index (χ2n) is 4.40. The maximum atomic E-state index is 11.9. The van der Waals surface area contributed by atoms with Gasteiger partial charge >= 0.3 is 0 Å². The number of carbonyl (C=O) groups excluding carboxylic acids is 1. The van der Waals surface area contributed by atoms with Crippen LogP contribution in [0, 0.1) is 0 Å². The zero-order valence-electron chi connectivity index (χ0n) is 10.3. The lowest BCUT2D eigenvalue weighted by Gasteiger charge is -2.12. The number of amides is 1. The molecule has 2 unspecified atom stereocenters. The largest absolute Gasteiger partial charge is 0.508 e. The normalized spacial score (nSPS) is 22.9. The molecule has 0 bridgehead atoms. The highest BCUT2D eigenvalue weighted by Crippen LogP contribution is 2.15. The van der Waals surface area contributed by atoms with Crippen LogP contribution in [0.1, 0.15) is 12.0 Å². The van der Waals surface area contributed by atoms with Crippen LogP contribution in [0.25, 0.3) is 0 Å². The van der Waals surface area contributed by atoms with Crippen LogP contribution in [0.15, 0.2) is 24.3 Å². The minimum atomic E-state index is -0.208. The van der Waals surface area contributed by atoms with Crippen LogP contribution in [0.3, 0.4) is 0 Å². The van der Waals surface area contributed by atoms with Crippen LogP contribution < -0.4 is 10.6 Å². The molecule has 1 amide bonds. The summed E-state index contributed by atoms with van der Waals surface area (Å²) in [4.78, 5) is 11.9. The van der Waals surface area contributed by atoms with Gasteiger partial charge in [0.15, 0.2) is 0 Å². The number of carbonyl (C=O) groups is 1. The molecule has 0 radical (unpaired) electrons. The van der Waals surface area contributed by atoms with Crippen molar-refractivity contribution in [2.24, 2.45) is 0 Å². The van der Waals surface area contributed by atoms with E-state index in [9.17, 15) is 9.90 Å². The van der Waals surface area contributed by atoms with E-state index in [0.29, 0.717) is 25.1 Å². The summed E-state index contributed by atoms with van der Waals surface area (Å²) < 4.78 is 5.19. The maximum absolute atomic E-state index is 11.9. The highest BCUT2D eigenvalue weighted by atomic mass is 16.5. The molecular weight excluding hydrogens is 232 g/mol. The SMILES string of the molecule is COC1CNC(C(=O)NCc2ccccc2O)C1. The van der Waals surface area contributed by atoms with Crippen LogP contribution in [-0.2, 0) is 16.1 Å². The Morgan fingerprint density at radius 2 is 2.33 bits per heavy atom. The molecule has 1 aliphatic rings. The van der Waals surface area contributed by atoms with E-state index in [1.54, 1.807) is 25.3 Å². The number of hydrogen-bond acceptors (Lipinski definition) is 4. The van der Waals surface area contributed by atoms with E-state index >= 15 is 0 Å². The minimum Gasteiger partial charge on any atom is -0.508 e. The van der Waals surface area contributed by atoms with Crippen molar-refractivity contribution >= 4 is 5.91 Å². The first-order chi connectivity index (χ1) is 8.70. The van der Waals surface area contributed by atoms with Gasteiger partial charge in [0.25, 0.3) is 0 Å². The standard InChI is InChI=1S/C13H18N2O3/c1-18-10-6-11(14-8-10)13(17)15-7-9-4-2-3-5-12(9)16/h2-5,10-11,14,16H,6-8H2,1H3,(H,15,17). The Balaban J connectivity index is 1.84. The predicted octanol–water partition coefficient (Wildman–Crippen LogP) is 0.385. The minimum absolute atomic E-state index is 0.0576. The van der Waals surface area contributed by atoms with E-state index in [4.69, 9.17) is 4.74 Å². The second-order valence-corrected chi connectivity index (χ2v) is 4.40. The first-order valence-electron chi connectivity index (χ1n) is 6.01. The van der Waals surface area contributed by atoms with Crippen molar-refractivity contribution in [1.82, 2.24) is 10.6 Å². The molecule has 0 aromatic heterocycles. The number of aromatic hydroxyl groups is 1. The molecule has 2 rings (SSSR count). The molecule has 98 valence electrons. The fourth-order valence-electron chi connectivity index (χ4n) is 2.05. The van der Waals surface area contributed by atoms with Gasteiger partial charge in [-0.05, 0) is 12.5 Å². The second kappa shape index (κ2) is 5.84. The lowest BCUT2D eigenvalue weighted by atomic mass is 10.1. The monoisotopic (exact) mass is 250 g/mol. The third-order valence-electron chi connectivity index (χ3n) is 3.19. The number of ether oxygens (including phenoxy) is 1. The third-order valence-corrected chi connectivity index (χ3v) is 3.19. The van der Waals surface area contributed by atoms with Crippen molar-refractivity contribution in [3.05, 3.63) is 29.8 Å². The van der Waals surface area contributed by atoms with Crippen molar-refractivity contribution in [2.45, 2.75) is 25.1 Å². The third kappa shape index (κ3) is 3.00. The fourth-order valence-corrected chi connectivity index (χ4v) is 2.05. The summed E-state index contributed by atoms with van der Waals surface area (Å²) in [5.41, 5.74) is 0.715. The van der Waals surface area contributed by atoms with Crippen molar-refractivity contribution in [1.29, 1.82) is 0 Å². The summed E-state index contributed by atoms with van der Waals surface area (Å²) >= 11 is 0. The van der Waals surface area contributed by atoms with Gasteiger partial charge < -0.3 is 20.5 Å². The molecule has 1 heterocycles. The highest BCUT2D eigenvalue weighted by Gasteiger charge is 2.28. The zero-order chi connectivity index (χ0) is 13.0. The van der Waals surface area contributed by atoms with Crippen LogP contribution >= 0.6 is 0 Å². The average molecular weight is 250 g/mol. The van der Waals surface area contributed by atoms with Crippen molar-refractivity contribution in [3.63, 3.8) is 0 Å². The summed E-state index contributed by atoms with van der Waals surface area (Å²) in [5.74, 6) is 0.143. The lowest BCUT2D eigenvalue weighted by Crippen LogP contribution is -2.40. The average Bonchev–Trinajstić information content (AvgIpc) is 2.86. The van der Waals surface area contributed by atoms with Crippen molar-refractivity contribution in [2.75, 3.05) is 13.7 Å². The number of methoxy groups -OCH3 is 1. The number of benzene rings is 1. The summed E-state index contributed by atoms with van der Waals surface area (Å²) in [6.45, 7) is 1.03. The summed E-state index contributed by atoms with van der Waals surface area (Å²) in [6, 6.07) is 6.77. The van der Waals surface area contributed by atoms with Crippen LogP contribution in [0.4, 0.5) is 0 Å². The molecular formula is C13H18N2O3. The van der Waals surface area contributed by atoms with Gasteiger partial charge in [-0.2, -0.15) is 0 Å². The maximum Gasteiger partial charge on any atom is 0.237 e. The van der Waals surface area contributed by atoms with Gasteiger partial charge in [0.2, 0.25) is 5.91 Å². The van der Waals surface area contributed by atoms with E-state index < -0.39 is 0 Å². The zero-order valence-corrected chi connectivity index (χ0v) is 10.3. The Bertz CT molecular complexity index is 422. The Hall–Kier alpha value is -1.59. The molecule has 3 N–H and O–H groups in total. The molecule has 5 nitrogen and oxygen atoms in total. The highest BCUT2D eigenvalue weighted by molar-refractivity contribution is 5.82. The predicted molar refractivity (Wildman–Crippen MR) is 67.2 cm³/mol. The molecule has 1 aliphatic heterocycles. The molecule has 1 fully saturated rings. The van der Waals surface area contributed by atoms with Gasteiger partial charge in [-0.25, -0.2) is 0 Å². The molecule has 0 saturated carbocycles. The molecule has 1 aromatic rings. The molecule has 0 spiro atoms. The smallest absolute Gasteiger partial charge is 0.237 e. The number of phenolic OH excluding ortho intramolecular Hbond substituents is 1. The number of nitrogens with one attached hydrogen (secondary N) is 2. The van der Waals surface area contributed by atoms with E-state index in [1.165, 1.54) is 0 Å². The quantitative estimate of drug-likeness (QED) is 0.723. The molecule has 1 saturated heterocycles. The molecule has 0 aliphatic carbocycles. The van der Waals surface area contributed by atoms with Gasteiger partial charge in [0.1, 0.15) is 5.75 Å². The summed E-state index contributed by atoms with van der Waals surface area (Å²) in [7, 11) is 1.65. The van der Waals surface area contributed by atoms with Crippen LogP contribution in [0.2, 0.25) is 0 Å². The van der Waals surface area contributed by atoms with E-state index in [2.05, 4.69) is 10.6 Å². The number of rotatable bonds is 4.